The molecule has 0 atom stereocenters. The summed E-state index contributed by atoms with van der Waals surface area (Å²) in [7, 11) is 4.23. The number of alkyl halides is 2. The van der Waals surface area contributed by atoms with Crippen molar-refractivity contribution < 1.29 is 48.3 Å². The molecule has 0 aliphatic carbocycles. The Hall–Kier alpha value is -6.30. The predicted molar refractivity (Wildman–Crippen MR) is 355 cm³/mol. The predicted octanol–water partition coefficient (Wildman–Crippen LogP) is 17.9. The molecule has 0 saturated heterocycles. The number of ether oxygens (including phenoxy) is 4. The van der Waals surface area contributed by atoms with Gasteiger partial charge in [-0.2, -0.15) is 0 Å². The topological polar surface area (TPSA) is 158 Å². The highest BCUT2D eigenvalue weighted by Gasteiger charge is 2.31. The van der Waals surface area contributed by atoms with Crippen molar-refractivity contribution in [3.05, 3.63) is 151 Å². The summed E-state index contributed by atoms with van der Waals surface area (Å²) in [5.41, 5.74) is 10.8. The number of halogens is 2. The number of nitrogens with one attached hydrogen (secondary N) is 1. The zero-order chi connectivity index (χ0) is 65.1. The molecule has 0 unspecified atom stereocenters. The first-order chi connectivity index (χ1) is 40.1. The van der Waals surface area contributed by atoms with E-state index in [-0.39, 0.29) is 39.7 Å². The fourth-order valence-electron chi connectivity index (χ4n) is 10.3. The third-order valence-electron chi connectivity index (χ3n) is 13.9. The van der Waals surface area contributed by atoms with Crippen LogP contribution < -0.4 is 14.8 Å². The molecular weight excluding hydrogens is 1120 g/mol. The Kier molecular flexibility index (Phi) is 29.0. The fourth-order valence-corrected chi connectivity index (χ4v) is 10.8. The van der Waals surface area contributed by atoms with E-state index in [9.17, 15) is 29.4 Å². The number of phenols is 2. The zero-order valence-electron chi connectivity index (χ0n) is 55.5. The van der Waals surface area contributed by atoms with Crippen molar-refractivity contribution >= 4 is 58.8 Å². The summed E-state index contributed by atoms with van der Waals surface area (Å²) in [4.78, 5) is 49.9. The summed E-state index contributed by atoms with van der Waals surface area (Å²) < 4.78 is 21.2. The number of hydrogen-bond acceptors (Lipinski definition) is 11. The molecule has 0 aliphatic rings. The van der Waals surface area contributed by atoms with Crippen molar-refractivity contribution in [1.82, 2.24) is 0 Å². The number of anilines is 1. The lowest BCUT2D eigenvalue weighted by atomic mass is 9.79. The lowest BCUT2D eigenvalue weighted by Gasteiger charge is -2.27. The van der Waals surface area contributed by atoms with Gasteiger partial charge >= 0.3 is 23.9 Å². The molecule has 0 aromatic heterocycles. The van der Waals surface area contributed by atoms with Crippen molar-refractivity contribution in [2.24, 2.45) is 35.5 Å². The van der Waals surface area contributed by atoms with Gasteiger partial charge in [-0.3, -0.25) is 0 Å². The number of methoxy groups -OCH3 is 2. The number of hydrogen-bond donors (Lipinski definition) is 3. The van der Waals surface area contributed by atoms with E-state index < -0.39 is 23.9 Å². The molecule has 13 heteroatoms. The largest absolute Gasteiger partial charge is 0.507 e. The van der Waals surface area contributed by atoms with Crippen molar-refractivity contribution in [1.29, 1.82) is 0 Å². The lowest BCUT2D eigenvalue weighted by Crippen LogP contribution is -2.21. The Balaban J connectivity index is 0.000000354. The minimum Gasteiger partial charge on any atom is -0.507 e. The van der Waals surface area contributed by atoms with Crippen LogP contribution in [-0.4, -0.2) is 55.4 Å². The third-order valence-corrected chi connectivity index (χ3v) is 14.5. The van der Waals surface area contributed by atoms with Crippen molar-refractivity contribution in [2.45, 2.75) is 186 Å². The van der Waals surface area contributed by atoms with Crippen LogP contribution in [0.1, 0.15) is 207 Å². The summed E-state index contributed by atoms with van der Waals surface area (Å²) in [6.45, 7) is 38.1. The summed E-state index contributed by atoms with van der Waals surface area (Å²) in [6, 6.07) is 22.9. The Bertz CT molecular complexity index is 3080. The van der Waals surface area contributed by atoms with Crippen LogP contribution in [0.5, 0.6) is 23.0 Å². The van der Waals surface area contributed by atoms with Crippen molar-refractivity contribution in [2.75, 3.05) is 26.6 Å². The molecule has 0 heterocycles. The zero-order valence-corrected chi connectivity index (χ0v) is 57.1. The Morgan fingerprint density at radius 1 is 0.523 bits per heavy atom. The SMILES string of the molecule is CC(C)Cc1cc(CCl)c(OC(=O)c2cc(CC(C)C)c(O)c(C(C)(C)C)c2)c(CC(C)C)c1.CC(C)Cc1ccc(OC(=O)c2cc(CC(C)C)c(O)c(C(C)(C)C)c2CCl)c(CC(C)C)c1.CNc1ccc(C=C(C(=O)OC)C(=O)OC)cc1. The monoisotopic (exact) mass is 1220 g/mol. The Morgan fingerprint density at radius 2 is 1.00 bits per heavy atom. The van der Waals surface area contributed by atoms with Gasteiger partial charge in [0.1, 0.15) is 28.6 Å². The molecule has 0 spiro atoms. The Morgan fingerprint density at radius 3 is 1.47 bits per heavy atom. The summed E-state index contributed by atoms with van der Waals surface area (Å²) in [5, 5.41) is 25.0. The van der Waals surface area contributed by atoms with Gasteiger partial charge in [-0.25, -0.2) is 19.2 Å². The number of benzene rings is 5. The van der Waals surface area contributed by atoms with E-state index in [1.54, 1.807) is 37.4 Å². The van der Waals surface area contributed by atoms with Gasteiger partial charge < -0.3 is 34.5 Å². The second kappa shape index (κ2) is 33.7. The van der Waals surface area contributed by atoms with Crippen molar-refractivity contribution in [3.63, 3.8) is 0 Å². The first kappa shape index (κ1) is 74.0. The molecule has 11 nitrogen and oxygen atoms in total. The number of aromatic hydroxyl groups is 2. The molecule has 0 fully saturated rings. The maximum absolute atomic E-state index is 13.6. The van der Waals surface area contributed by atoms with Crippen LogP contribution in [-0.2, 0) is 80.2 Å². The number of rotatable bonds is 22. The van der Waals surface area contributed by atoms with E-state index in [0.29, 0.717) is 82.1 Å². The number of carbonyl (C=O) groups excluding carboxylic acids is 4. The van der Waals surface area contributed by atoms with Gasteiger partial charge in [-0.05, 0) is 172 Å². The van der Waals surface area contributed by atoms with Crippen LogP contribution in [0.4, 0.5) is 5.69 Å². The van der Waals surface area contributed by atoms with Crippen LogP contribution in [0.3, 0.4) is 0 Å². The molecule has 5 rings (SSSR count). The summed E-state index contributed by atoms with van der Waals surface area (Å²) >= 11 is 12.7. The van der Waals surface area contributed by atoms with Gasteiger partial charge in [0.05, 0.1) is 31.2 Å². The summed E-state index contributed by atoms with van der Waals surface area (Å²) in [5.74, 6) is 2.42. The highest BCUT2D eigenvalue weighted by molar-refractivity contribution is 6.18. The second-order valence-corrected chi connectivity index (χ2v) is 27.6. The molecule has 3 N–H and O–H groups in total. The highest BCUT2D eigenvalue weighted by Crippen LogP contribution is 2.41. The molecule has 0 bridgehead atoms. The minimum atomic E-state index is -0.723. The van der Waals surface area contributed by atoms with Gasteiger partial charge in [0.25, 0.3) is 0 Å². The van der Waals surface area contributed by atoms with E-state index in [1.807, 2.05) is 59.7 Å². The van der Waals surface area contributed by atoms with Gasteiger partial charge in [-0.1, -0.05) is 161 Å². The number of esters is 4. The van der Waals surface area contributed by atoms with Gasteiger partial charge in [-0.15, -0.1) is 23.2 Å². The van der Waals surface area contributed by atoms with Crippen LogP contribution in [0.2, 0.25) is 0 Å². The molecular formula is C73H101Cl2NO10. The molecule has 472 valence electrons. The van der Waals surface area contributed by atoms with Crippen LogP contribution in [0.15, 0.2) is 78.4 Å². The van der Waals surface area contributed by atoms with Crippen molar-refractivity contribution in [3.8, 4) is 23.0 Å². The van der Waals surface area contributed by atoms with Gasteiger partial charge in [0.2, 0.25) is 0 Å². The fraction of sp³-hybridized carbons (Fsp3) is 0.507. The van der Waals surface area contributed by atoms with E-state index in [0.717, 1.165) is 70.3 Å². The smallest absolute Gasteiger partial charge is 0.345 e. The normalized spacial score (nSPS) is 11.5. The van der Waals surface area contributed by atoms with Crippen LogP contribution in [0.25, 0.3) is 6.08 Å². The molecule has 0 amide bonds. The second-order valence-electron chi connectivity index (χ2n) is 27.0. The molecule has 5 aromatic carbocycles. The third kappa shape index (κ3) is 22.4. The summed E-state index contributed by atoms with van der Waals surface area (Å²) in [6.07, 6.45) is 6.36. The quantitative estimate of drug-likeness (QED) is 0.0151. The maximum atomic E-state index is 13.6. The molecule has 0 radical (unpaired) electrons. The standard InChI is InChI=1S/2C30H43ClO3.C13H15NO4/c1-18(2)10-21-13-23(12-20(5)6)28(25(14-21)17-31)34-29(33)24-15-22(11-19(3)4)27(32)26(16-24)30(7,8)9;1-18(2)12-21-10-11-26(22(15-21)13-19(3)4)34-29(33)24-16-23(14-20(5)6)28(32)27(25(24)17-31)30(7,8)9;1-14-10-6-4-9(5-7-10)8-11(12(15)17-2)13(16)18-3/h13-16,18-20,32H,10-12,17H2,1-9H3;10-11,15-16,18-20,32H,12-14,17H2,1-9H3;4-8,14H,1-3H3. The van der Waals surface area contributed by atoms with E-state index in [4.69, 9.17) is 32.7 Å². The van der Waals surface area contributed by atoms with E-state index in [2.05, 4.69) is 122 Å². The maximum Gasteiger partial charge on any atom is 0.345 e. The highest BCUT2D eigenvalue weighted by atomic mass is 35.5. The average Bonchev–Trinajstić information content (AvgIpc) is 1.15. The minimum absolute atomic E-state index is 0.124. The van der Waals surface area contributed by atoms with Crippen LogP contribution >= 0.6 is 23.2 Å². The lowest BCUT2D eigenvalue weighted by molar-refractivity contribution is -0.143. The average molecular weight is 1220 g/mol. The molecule has 0 saturated carbocycles. The van der Waals surface area contributed by atoms with Crippen LogP contribution in [0, 0.1) is 35.5 Å². The number of carbonyl (C=O) groups is 4. The molecule has 5 aromatic rings. The number of phenolic OH excluding ortho intramolecular Hbond substituents is 2. The van der Waals surface area contributed by atoms with E-state index in [1.165, 1.54) is 31.4 Å². The van der Waals surface area contributed by atoms with E-state index >= 15 is 0 Å². The first-order valence-electron chi connectivity index (χ1n) is 30.3. The first-order valence-corrected chi connectivity index (χ1v) is 31.4. The van der Waals surface area contributed by atoms with Gasteiger partial charge in [0, 0.05) is 35.3 Å². The van der Waals surface area contributed by atoms with Gasteiger partial charge in [0.15, 0.2) is 0 Å². The Labute approximate surface area is 526 Å². The molecule has 86 heavy (non-hydrogen) atoms. The molecule has 0 aliphatic heterocycles.